The minimum atomic E-state index is -3.51. The second-order valence-corrected chi connectivity index (χ2v) is 7.89. The Hall–Kier alpha value is -2.04. The summed E-state index contributed by atoms with van der Waals surface area (Å²) in [6.07, 6.45) is 7.52. The molecule has 0 heterocycles. The van der Waals surface area contributed by atoms with Crippen LogP contribution in [0.3, 0.4) is 0 Å². The number of hydrogen-bond donors (Lipinski definition) is 1. The van der Waals surface area contributed by atoms with E-state index in [1.807, 2.05) is 13.8 Å². The molecule has 1 N–H and O–H groups in total. The lowest BCUT2D eigenvalue weighted by Crippen LogP contribution is -2.48. The lowest BCUT2D eigenvalue weighted by Gasteiger charge is -2.26. The van der Waals surface area contributed by atoms with Gasteiger partial charge in [0.1, 0.15) is 5.54 Å². The van der Waals surface area contributed by atoms with Crippen molar-refractivity contribution in [1.82, 2.24) is 5.32 Å². The zero-order valence-electron chi connectivity index (χ0n) is 14.3. The van der Waals surface area contributed by atoms with Crippen molar-refractivity contribution in [3.8, 4) is 12.3 Å². The Labute approximate surface area is 152 Å². The highest BCUT2D eigenvalue weighted by Gasteiger charge is 2.26. The number of benzene rings is 1. The maximum Gasteiger partial charge on any atom is 0.340 e. The second-order valence-electron chi connectivity index (χ2n) is 5.47. The maximum absolute atomic E-state index is 12.1. The Morgan fingerprint density at radius 3 is 2.40 bits per heavy atom. The molecule has 1 aromatic rings. The van der Waals surface area contributed by atoms with Crippen molar-refractivity contribution in [3.05, 3.63) is 28.8 Å². The van der Waals surface area contributed by atoms with Gasteiger partial charge in [0, 0.05) is 6.26 Å². The molecular formula is C17H20ClNO5S. The Morgan fingerprint density at radius 2 is 1.92 bits per heavy atom. The Morgan fingerprint density at radius 1 is 1.32 bits per heavy atom. The summed E-state index contributed by atoms with van der Waals surface area (Å²) in [5.41, 5.74) is -0.927. The first-order chi connectivity index (χ1) is 11.6. The molecular weight excluding hydrogens is 366 g/mol. The molecule has 6 nitrogen and oxygen atoms in total. The number of rotatable bonds is 7. The first-order valence-corrected chi connectivity index (χ1v) is 9.81. The predicted molar refractivity (Wildman–Crippen MR) is 95.1 cm³/mol. The van der Waals surface area contributed by atoms with Gasteiger partial charge >= 0.3 is 5.97 Å². The van der Waals surface area contributed by atoms with Crippen LogP contribution in [-0.2, 0) is 19.4 Å². The van der Waals surface area contributed by atoms with Gasteiger partial charge in [-0.2, -0.15) is 0 Å². The molecule has 25 heavy (non-hydrogen) atoms. The molecule has 0 radical (unpaired) electrons. The van der Waals surface area contributed by atoms with Gasteiger partial charge in [-0.25, -0.2) is 13.2 Å². The van der Waals surface area contributed by atoms with Crippen molar-refractivity contribution < 1.29 is 22.7 Å². The fourth-order valence-corrected chi connectivity index (χ4v) is 2.91. The van der Waals surface area contributed by atoms with E-state index in [1.54, 1.807) is 0 Å². The minimum absolute atomic E-state index is 0.0258. The van der Waals surface area contributed by atoms with Crippen molar-refractivity contribution in [3.63, 3.8) is 0 Å². The van der Waals surface area contributed by atoms with Gasteiger partial charge < -0.3 is 10.1 Å². The molecule has 0 unspecified atom stereocenters. The van der Waals surface area contributed by atoms with Crippen molar-refractivity contribution in [2.75, 3.05) is 12.9 Å². The molecule has 0 aromatic heterocycles. The van der Waals surface area contributed by atoms with E-state index < -0.39 is 33.9 Å². The summed E-state index contributed by atoms with van der Waals surface area (Å²) in [5, 5.41) is 2.68. The number of esters is 1. The van der Waals surface area contributed by atoms with Gasteiger partial charge in [0.05, 0.1) is 15.5 Å². The lowest BCUT2D eigenvalue weighted by molar-refractivity contribution is -0.125. The molecule has 0 fully saturated rings. The molecule has 0 spiro atoms. The van der Waals surface area contributed by atoms with Crippen LogP contribution >= 0.6 is 11.6 Å². The smallest absolute Gasteiger partial charge is 0.340 e. The number of carbonyl (C=O) groups is 2. The molecule has 1 amide bonds. The average molecular weight is 386 g/mol. The van der Waals surface area contributed by atoms with Gasteiger partial charge in [0.25, 0.3) is 5.91 Å². The van der Waals surface area contributed by atoms with Crippen molar-refractivity contribution in [1.29, 1.82) is 0 Å². The van der Waals surface area contributed by atoms with E-state index >= 15 is 0 Å². The van der Waals surface area contributed by atoms with E-state index in [4.69, 9.17) is 22.8 Å². The Kier molecular flexibility index (Phi) is 7.03. The number of hydrogen-bond acceptors (Lipinski definition) is 5. The van der Waals surface area contributed by atoms with Crippen LogP contribution < -0.4 is 5.32 Å². The van der Waals surface area contributed by atoms with Crippen LogP contribution in [0.5, 0.6) is 0 Å². The standard InChI is InChI=1S/C17H20ClNO5S/c1-5-17(6-2,7-3)19-15(20)11-24-16(21)13-10-12(25(4,22)23)8-9-14(13)18/h1,8-10H,6-7,11H2,2-4H3,(H,19,20). The van der Waals surface area contributed by atoms with E-state index in [1.165, 1.54) is 12.1 Å². The van der Waals surface area contributed by atoms with Crippen LogP contribution in [0.15, 0.2) is 23.1 Å². The van der Waals surface area contributed by atoms with Gasteiger partial charge in [-0.1, -0.05) is 31.4 Å². The number of nitrogens with one attached hydrogen (secondary N) is 1. The van der Waals surface area contributed by atoms with Gasteiger partial charge in [-0.15, -0.1) is 6.42 Å². The fourth-order valence-electron chi connectivity index (χ4n) is 2.07. The maximum atomic E-state index is 12.1. The molecule has 1 aromatic carbocycles. The minimum Gasteiger partial charge on any atom is -0.452 e. The topological polar surface area (TPSA) is 89.5 Å². The summed E-state index contributed by atoms with van der Waals surface area (Å²) in [5.74, 6) is 1.09. The van der Waals surface area contributed by atoms with Crippen molar-refractivity contribution in [2.45, 2.75) is 37.1 Å². The van der Waals surface area contributed by atoms with Crippen LogP contribution in [-0.4, -0.2) is 38.7 Å². The molecule has 0 saturated carbocycles. The van der Waals surface area contributed by atoms with E-state index in [0.29, 0.717) is 12.8 Å². The molecule has 0 aliphatic heterocycles. The highest BCUT2D eigenvalue weighted by Crippen LogP contribution is 2.21. The first kappa shape index (κ1) is 21.0. The largest absolute Gasteiger partial charge is 0.452 e. The number of carbonyl (C=O) groups excluding carboxylic acids is 2. The van der Waals surface area contributed by atoms with Gasteiger partial charge in [-0.05, 0) is 31.0 Å². The van der Waals surface area contributed by atoms with Gasteiger partial charge in [0.2, 0.25) is 0 Å². The summed E-state index contributed by atoms with van der Waals surface area (Å²) in [7, 11) is -3.51. The summed E-state index contributed by atoms with van der Waals surface area (Å²) in [6, 6.07) is 3.68. The first-order valence-electron chi connectivity index (χ1n) is 7.54. The van der Waals surface area contributed by atoms with Crippen LogP contribution in [0.4, 0.5) is 0 Å². The van der Waals surface area contributed by atoms with Crippen LogP contribution in [0, 0.1) is 12.3 Å². The molecule has 0 aliphatic rings. The third kappa shape index (κ3) is 5.48. The zero-order valence-corrected chi connectivity index (χ0v) is 15.8. The van der Waals surface area contributed by atoms with Crippen molar-refractivity contribution in [2.24, 2.45) is 0 Å². The van der Waals surface area contributed by atoms with Crippen LogP contribution in [0.2, 0.25) is 5.02 Å². The summed E-state index contributed by atoms with van der Waals surface area (Å²) in [6.45, 7) is 3.12. The number of halogens is 1. The van der Waals surface area contributed by atoms with Crippen LogP contribution in [0.1, 0.15) is 37.0 Å². The highest BCUT2D eigenvalue weighted by atomic mass is 35.5. The van der Waals surface area contributed by atoms with E-state index in [-0.39, 0.29) is 15.5 Å². The molecule has 136 valence electrons. The molecule has 0 bridgehead atoms. The van der Waals surface area contributed by atoms with E-state index in [2.05, 4.69) is 11.2 Å². The SMILES string of the molecule is C#CC(CC)(CC)NC(=O)COC(=O)c1cc(S(C)(=O)=O)ccc1Cl. The molecule has 0 aliphatic carbocycles. The third-order valence-corrected chi connectivity index (χ3v) is 5.22. The lowest BCUT2D eigenvalue weighted by atomic mass is 9.94. The third-order valence-electron chi connectivity index (χ3n) is 3.78. The quantitative estimate of drug-likeness (QED) is 0.574. The highest BCUT2D eigenvalue weighted by molar-refractivity contribution is 7.90. The monoisotopic (exact) mass is 385 g/mol. The summed E-state index contributed by atoms with van der Waals surface area (Å²) >= 11 is 5.91. The predicted octanol–water partition coefficient (Wildman–Crippen LogP) is 2.21. The molecule has 0 atom stereocenters. The average Bonchev–Trinajstić information content (AvgIpc) is 2.57. The Balaban J connectivity index is 2.84. The molecule has 0 saturated heterocycles. The van der Waals surface area contributed by atoms with E-state index in [0.717, 1.165) is 12.3 Å². The van der Waals surface area contributed by atoms with E-state index in [9.17, 15) is 18.0 Å². The van der Waals surface area contributed by atoms with Crippen molar-refractivity contribution >= 4 is 33.3 Å². The second kappa shape index (κ2) is 8.37. The van der Waals surface area contributed by atoms with Gasteiger partial charge in [0.15, 0.2) is 16.4 Å². The number of terminal acetylenes is 1. The van der Waals surface area contributed by atoms with Crippen LogP contribution in [0.25, 0.3) is 0 Å². The normalized spacial score (nSPS) is 11.5. The van der Waals surface area contributed by atoms with Gasteiger partial charge in [-0.3, -0.25) is 4.79 Å². The molecule has 8 heteroatoms. The molecule has 1 rings (SSSR count). The number of sulfone groups is 1. The zero-order chi connectivity index (χ0) is 19.3. The number of amides is 1. The Bertz CT molecular complexity index is 807. The fraction of sp³-hybridized carbons (Fsp3) is 0.412. The number of ether oxygens (including phenoxy) is 1. The summed E-state index contributed by atoms with van der Waals surface area (Å²) in [4.78, 5) is 24.0. The summed E-state index contributed by atoms with van der Waals surface area (Å²) < 4.78 is 28.0.